The summed E-state index contributed by atoms with van der Waals surface area (Å²) in [5.41, 5.74) is 0.654. The summed E-state index contributed by atoms with van der Waals surface area (Å²) < 4.78 is 39.4. The molecule has 0 aliphatic carbocycles. The van der Waals surface area contributed by atoms with Crippen molar-refractivity contribution in [2.75, 3.05) is 25.4 Å². The number of halogens is 1. The Hall–Kier alpha value is -1.73. The number of hydrogen-bond donors (Lipinski definition) is 1. The van der Waals surface area contributed by atoms with Crippen molar-refractivity contribution in [2.45, 2.75) is 26.2 Å². The molecule has 24 heavy (non-hydrogen) atoms. The predicted molar refractivity (Wildman–Crippen MR) is 92.3 cm³/mol. The molecule has 1 aromatic rings. The van der Waals surface area contributed by atoms with Gasteiger partial charge in [-0.1, -0.05) is 24.6 Å². The highest BCUT2D eigenvalue weighted by Crippen LogP contribution is 2.13. The molecule has 7 heteroatoms. The largest absolute Gasteiger partial charge is 0.351 e. The van der Waals surface area contributed by atoms with Crippen molar-refractivity contribution in [3.63, 3.8) is 0 Å². The number of sulfonamides is 1. The van der Waals surface area contributed by atoms with Gasteiger partial charge in [0.1, 0.15) is 5.82 Å². The van der Waals surface area contributed by atoms with Crippen molar-refractivity contribution in [2.24, 2.45) is 0 Å². The number of carbonyl (C=O) groups is 1. The normalized spacial score (nSPS) is 16.8. The van der Waals surface area contributed by atoms with E-state index in [1.165, 1.54) is 16.4 Å². The number of hydrogen-bond acceptors (Lipinski definition) is 3. The maximum Gasteiger partial charge on any atom is 0.246 e. The van der Waals surface area contributed by atoms with Crippen LogP contribution in [0.15, 0.2) is 29.8 Å². The van der Waals surface area contributed by atoms with E-state index in [0.29, 0.717) is 24.2 Å². The minimum absolute atomic E-state index is 0.0418. The second-order valence-corrected chi connectivity index (χ2v) is 7.97. The molecule has 5 nitrogen and oxygen atoms in total. The van der Waals surface area contributed by atoms with Crippen molar-refractivity contribution in [1.82, 2.24) is 9.62 Å². The van der Waals surface area contributed by atoms with Crippen LogP contribution < -0.4 is 5.32 Å². The van der Waals surface area contributed by atoms with Gasteiger partial charge in [0.15, 0.2) is 0 Å². The molecule has 1 N–H and O–H groups in total. The lowest BCUT2D eigenvalue weighted by molar-refractivity contribution is -0.117. The van der Waals surface area contributed by atoms with Crippen LogP contribution in [0, 0.1) is 5.82 Å². The molecule has 2 rings (SSSR count). The maximum atomic E-state index is 13.6. The van der Waals surface area contributed by atoms with E-state index in [-0.39, 0.29) is 12.3 Å². The number of benzene rings is 1. The first-order valence-electron chi connectivity index (χ1n) is 8.09. The number of nitrogens with zero attached hydrogens (tertiary/aromatic N) is 1. The highest BCUT2D eigenvalue weighted by molar-refractivity contribution is 7.89. The Bertz CT molecular complexity index is 710. The van der Waals surface area contributed by atoms with Gasteiger partial charge < -0.3 is 5.32 Å². The van der Waals surface area contributed by atoms with Crippen LogP contribution in [0.25, 0.3) is 6.08 Å². The third-order valence-corrected chi connectivity index (χ3v) is 5.86. The van der Waals surface area contributed by atoms with Gasteiger partial charge in [0.25, 0.3) is 0 Å². The second-order valence-electron chi connectivity index (χ2n) is 5.88. The highest BCUT2D eigenvalue weighted by Gasteiger charge is 2.23. The summed E-state index contributed by atoms with van der Waals surface area (Å²) in [7, 11) is -3.33. The van der Waals surface area contributed by atoms with Gasteiger partial charge in [0, 0.05) is 30.8 Å². The molecule has 1 aliphatic heterocycles. The zero-order chi connectivity index (χ0) is 17.6. The molecule has 1 saturated heterocycles. The monoisotopic (exact) mass is 354 g/mol. The quantitative estimate of drug-likeness (QED) is 0.796. The van der Waals surface area contributed by atoms with Gasteiger partial charge in [-0.2, -0.15) is 0 Å². The summed E-state index contributed by atoms with van der Waals surface area (Å²) in [6, 6.07) is 6.16. The van der Waals surface area contributed by atoms with Crippen LogP contribution in [-0.2, 0) is 14.8 Å². The van der Waals surface area contributed by atoms with Gasteiger partial charge >= 0.3 is 0 Å². The molecule has 0 spiro atoms. The van der Waals surface area contributed by atoms with E-state index in [9.17, 15) is 17.6 Å². The summed E-state index contributed by atoms with van der Waals surface area (Å²) in [4.78, 5) is 12.0. The Morgan fingerprint density at radius 3 is 2.58 bits per heavy atom. The Morgan fingerprint density at radius 1 is 1.25 bits per heavy atom. The Morgan fingerprint density at radius 2 is 1.92 bits per heavy atom. The number of rotatable bonds is 6. The lowest BCUT2D eigenvalue weighted by Crippen LogP contribution is -2.40. The molecule has 1 aliphatic rings. The third-order valence-electron chi connectivity index (χ3n) is 3.99. The standard InChI is InChI=1S/C17H23FN2O3S/c1-14(13-15-7-3-4-8-16(15)18)17(21)19-9-12-24(22,23)20-10-5-2-6-11-20/h3-4,7-8,13H,2,5-6,9-12H2,1H3,(H,19,21)/b14-13+. The smallest absolute Gasteiger partial charge is 0.246 e. The first kappa shape index (κ1) is 18.6. The number of amides is 1. The average molecular weight is 354 g/mol. The van der Waals surface area contributed by atoms with Crippen LogP contribution in [0.1, 0.15) is 31.7 Å². The van der Waals surface area contributed by atoms with E-state index in [0.717, 1.165) is 19.3 Å². The molecule has 1 aromatic carbocycles. The fourth-order valence-corrected chi connectivity index (χ4v) is 4.03. The summed E-state index contributed by atoms with van der Waals surface area (Å²) in [5.74, 6) is -0.921. The lowest BCUT2D eigenvalue weighted by atomic mass is 10.1. The van der Waals surface area contributed by atoms with Crippen LogP contribution in [-0.4, -0.2) is 44.0 Å². The van der Waals surface area contributed by atoms with E-state index < -0.39 is 21.7 Å². The molecule has 0 radical (unpaired) electrons. The van der Waals surface area contributed by atoms with Crippen LogP contribution in [0.2, 0.25) is 0 Å². The Kier molecular flexibility index (Phi) is 6.51. The molecule has 0 unspecified atom stereocenters. The first-order valence-corrected chi connectivity index (χ1v) is 9.70. The SMILES string of the molecule is C/C(=C\c1ccccc1F)C(=O)NCCS(=O)(=O)N1CCCCC1. The van der Waals surface area contributed by atoms with Gasteiger partial charge in [-0.05, 0) is 31.9 Å². The van der Waals surface area contributed by atoms with Gasteiger partial charge in [-0.3, -0.25) is 4.79 Å². The molecule has 1 amide bonds. The van der Waals surface area contributed by atoms with E-state index in [1.807, 2.05) is 0 Å². The Balaban J connectivity index is 1.87. The van der Waals surface area contributed by atoms with E-state index >= 15 is 0 Å². The topological polar surface area (TPSA) is 66.5 Å². The fourth-order valence-electron chi connectivity index (χ4n) is 2.60. The van der Waals surface area contributed by atoms with E-state index in [4.69, 9.17) is 0 Å². The number of nitrogens with one attached hydrogen (secondary N) is 1. The fraction of sp³-hybridized carbons (Fsp3) is 0.471. The van der Waals surface area contributed by atoms with E-state index in [2.05, 4.69) is 5.32 Å². The molecular weight excluding hydrogens is 331 g/mol. The molecule has 132 valence electrons. The van der Waals surface area contributed by atoms with Crippen LogP contribution in [0.3, 0.4) is 0 Å². The summed E-state index contributed by atoms with van der Waals surface area (Å²) in [5, 5.41) is 2.58. The molecule has 0 atom stereocenters. The molecule has 0 bridgehead atoms. The van der Waals surface area contributed by atoms with Crippen molar-refractivity contribution >= 4 is 22.0 Å². The van der Waals surface area contributed by atoms with Crippen molar-refractivity contribution in [3.05, 3.63) is 41.2 Å². The molecular formula is C17H23FN2O3S. The molecule has 0 aromatic heterocycles. The van der Waals surface area contributed by atoms with E-state index in [1.54, 1.807) is 25.1 Å². The van der Waals surface area contributed by atoms with Gasteiger partial charge in [0.05, 0.1) is 5.75 Å². The summed E-state index contributed by atoms with van der Waals surface area (Å²) >= 11 is 0. The van der Waals surface area contributed by atoms with Gasteiger partial charge in [0.2, 0.25) is 15.9 Å². The average Bonchev–Trinajstić information content (AvgIpc) is 2.57. The maximum absolute atomic E-state index is 13.6. The van der Waals surface area contributed by atoms with Crippen molar-refractivity contribution < 1.29 is 17.6 Å². The zero-order valence-corrected chi connectivity index (χ0v) is 14.6. The van der Waals surface area contributed by atoms with Crippen LogP contribution in [0.4, 0.5) is 4.39 Å². The van der Waals surface area contributed by atoms with Gasteiger partial charge in [-0.15, -0.1) is 0 Å². The van der Waals surface area contributed by atoms with Crippen molar-refractivity contribution in [3.8, 4) is 0 Å². The minimum Gasteiger partial charge on any atom is -0.351 e. The van der Waals surface area contributed by atoms with Crippen LogP contribution >= 0.6 is 0 Å². The molecule has 1 heterocycles. The van der Waals surface area contributed by atoms with Crippen molar-refractivity contribution in [1.29, 1.82) is 0 Å². The summed E-state index contributed by atoms with van der Waals surface area (Å²) in [6.07, 6.45) is 4.28. The summed E-state index contributed by atoms with van der Waals surface area (Å²) in [6.45, 7) is 2.73. The molecule has 0 saturated carbocycles. The lowest BCUT2D eigenvalue weighted by Gasteiger charge is -2.25. The van der Waals surface area contributed by atoms with Crippen LogP contribution in [0.5, 0.6) is 0 Å². The highest BCUT2D eigenvalue weighted by atomic mass is 32.2. The zero-order valence-electron chi connectivity index (χ0n) is 13.8. The number of piperidine rings is 1. The third kappa shape index (κ3) is 5.14. The minimum atomic E-state index is -3.33. The Labute approximate surface area is 142 Å². The first-order chi connectivity index (χ1) is 11.4. The second kappa shape index (κ2) is 8.39. The van der Waals surface area contributed by atoms with Gasteiger partial charge in [-0.25, -0.2) is 17.1 Å². The molecule has 1 fully saturated rings. The predicted octanol–water partition coefficient (Wildman–Crippen LogP) is 2.16. The number of carbonyl (C=O) groups excluding carboxylic acids is 1.